The number of nitrogens with two attached hydrogens (primary N) is 2. The third kappa shape index (κ3) is 4.64. The first-order chi connectivity index (χ1) is 14.1. The van der Waals surface area contributed by atoms with E-state index in [9.17, 15) is 14.7 Å². The molecule has 30 heavy (non-hydrogen) atoms. The van der Waals surface area contributed by atoms with Crippen molar-refractivity contribution in [2.45, 2.75) is 45.1 Å². The predicted molar refractivity (Wildman–Crippen MR) is 114 cm³/mol. The third-order valence-corrected chi connectivity index (χ3v) is 5.02. The molecule has 1 aromatic heterocycles. The summed E-state index contributed by atoms with van der Waals surface area (Å²) in [5.41, 5.74) is 12.8. The maximum absolute atomic E-state index is 12.6. The van der Waals surface area contributed by atoms with Crippen molar-refractivity contribution in [1.82, 2.24) is 9.88 Å². The number of para-hydroxylation sites is 1. The van der Waals surface area contributed by atoms with E-state index < -0.39 is 17.6 Å². The molecule has 160 valence electrons. The fourth-order valence-electron chi connectivity index (χ4n) is 3.73. The second-order valence-electron chi connectivity index (χ2n) is 8.50. The van der Waals surface area contributed by atoms with Gasteiger partial charge in [0, 0.05) is 24.6 Å². The molecule has 2 heterocycles. The quantitative estimate of drug-likeness (QED) is 0.709. The molecule has 0 aliphatic carbocycles. The van der Waals surface area contributed by atoms with Crippen molar-refractivity contribution >= 4 is 17.8 Å². The minimum absolute atomic E-state index is 0.00708. The van der Waals surface area contributed by atoms with Gasteiger partial charge in [-0.2, -0.15) is 0 Å². The summed E-state index contributed by atoms with van der Waals surface area (Å²) >= 11 is 0. The Bertz CT molecular complexity index is 968. The highest BCUT2D eigenvalue weighted by atomic mass is 16.6. The van der Waals surface area contributed by atoms with Crippen LogP contribution in [-0.4, -0.2) is 45.7 Å². The Kier molecular flexibility index (Phi) is 5.87. The van der Waals surface area contributed by atoms with Gasteiger partial charge in [0.15, 0.2) is 0 Å². The second kappa shape index (κ2) is 8.22. The van der Waals surface area contributed by atoms with E-state index in [1.807, 2.05) is 20.8 Å². The van der Waals surface area contributed by atoms with Crippen LogP contribution in [-0.2, 0) is 4.74 Å². The van der Waals surface area contributed by atoms with E-state index in [1.165, 1.54) is 0 Å². The summed E-state index contributed by atoms with van der Waals surface area (Å²) in [4.78, 5) is 30.6. The molecule has 0 radical (unpaired) electrons. The number of pyridine rings is 1. The lowest BCUT2D eigenvalue weighted by molar-refractivity contribution is 0.0198. The number of ether oxygens (including phenoxy) is 1. The van der Waals surface area contributed by atoms with Crippen molar-refractivity contribution in [2.75, 3.05) is 18.8 Å². The number of aromatic nitrogens is 1. The number of likely N-dealkylation sites (tertiary alicyclic amines) is 1. The van der Waals surface area contributed by atoms with E-state index in [0.717, 1.165) is 12.8 Å². The van der Waals surface area contributed by atoms with Gasteiger partial charge < -0.3 is 26.2 Å². The highest BCUT2D eigenvalue weighted by Crippen LogP contribution is 2.36. The van der Waals surface area contributed by atoms with Crippen LogP contribution in [0.4, 0.5) is 10.6 Å². The van der Waals surface area contributed by atoms with E-state index >= 15 is 0 Å². The number of nitrogen functional groups attached to an aromatic ring is 1. The summed E-state index contributed by atoms with van der Waals surface area (Å²) in [6.07, 6.45) is 1.11. The Balaban J connectivity index is 2.00. The lowest BCUT2D eigenvalue weighted by Crippen LogP contribution is -2.42. The molecular weight excluding hydrogens is 384 g/mol. The Morgan fingerprint density at radius 1 is 1.27 bits per heavy atom. The van der Waals surface area contributed by atoms with E-state index in [0.29, 0.717) is 29.9 Å². The van der Waals surface area contributed by atoms with Gasteiger partial charge in [-0.25, -0.2) is 9.78 Å². The molecular formula is C22H28N4O4. The molecule has 0 saturated carbocycles. The van der Waals surface area contributed by atoms with Crippen LogP contribution in [0.25, 0.3) is 11.3 Å². The second-order valence-corrected chi connectivity index (χ2v) is 8.50. The van der Waals surface area contributed by atoms with Gasteiger partial charge in [0.25, 0.3) is 5.91 Å². The van der Waals surface area contributed by atoms with Crippen LogP contribution >= 0.6 is 0 Å². The molecule has 1 unspecified atom stereocenters. The van der Waals surface area contributed by atoms with Crippen LogP contribution in [0.5, 0.6) is 5.75 Å². The van der Waals surface area contributed by atoms with Gasteiger partial charge in [0.1, 0.15) is 17.2 Å². The number of primary amides is 1. The number of anilines is 1. The molecule has 1 aromatic carbocycles. The van der Waals surface area contributed by atoms with E-state index in [1.54, 1.807) is 35.2 Å². The van der Waals surface area contributed by atoms with Gasteiger partial charge in [-0.1, -0.05) is 12.1 Å². The number of carbonyl (C=O) groups is 2. The maximum Gasteiger partial charge on any atom is 0.410 e. The number of hydrogen-bond donors (Lipinski definition) is 3. The molecule has 8 heteroatoms. The van der Waals surface area contributed by atoms with E-state index in [2.05, 4.69) is 4.98 Å². The first-order valence-corrected chi connectivity index (χ1v) is 9.93. The lowest BCUT2D eigenvalue weighted by atomic mass is 9.86. The van der Waals surface area contributed by atoms with Crippen molar-refractivity contribution in [3.05, 3.63) is 41.5 Å². The lowest BCUT2D eigenvalue weighted by Gasteiger charge is -2.35. The van der Waals surface area contributed by atoms with Gasteiger partial charge in [-0.3, -0.25) is 4.79 Å². The average molecular weight is 412 g/mol. The Morgan fingerprint density at radius 2 is 1.97 bits per heavy atom. The molecule has 1 aliphatic heterocycles. The number of aromatic hydroxyl groups is 1. The van der Waals surface area contributed by atoms with Crippen molar-refractivity contribution in [1.29, 1.82) is 0 Å². The normalized spacial score (nSPS) is 16.9. The summed E-state index contributed by atoms with van der Waals surface area (Å²) in [6.45, 7) is 6.40. The molecule has 0 bridgehead atoms. The zero-order valence-electron chi connectivity index (χ0n) is 17.5. The number of benzene rings is 1. The fraction of sp³-hybridized carbons (Fsp3) is 0.409. The maximum atomic E-state index is 12.6. The Labute approximate surface area is 175 Å². The van der Waals surface area contributed by atoms with Crippen LogP contribution in [0.2, 0.25) is 0 Å². The molecule has 8 nitrogen and oxygen atoms in total. The topological polar surface area (TPSA) is 132 Å². The van der Waals surface area contributed by atoms with Gasteiger partial charge in [0.2, 0.25) is 0 Å². The SMILES string of the molecule is CC(C)(C)OC(=O)N1CCCC(c2cc(-c3ccccc3O)nc(N)c2C(N)=O)C1. The van der Waals surface area contributed by atoms with Gasteiger partial charge >= 0.3 is 6.09 Å². The van der Waals surface area contributed by atoms with Crippen LogP contribution in [0.1, 0.15) is 55.5 Å². The van der Waals surface area contributed by atoms with Crippen molar-refractivity contribution in [3.8, 4) is 17.0 Å². The third-order valence-electron chi connectivity index (χ3n) is 5.02. The first-order valence-electron chi connectivity index (χ1n) is 9.93. The molecule has 1 atom stereocenters. The Hall–Kier alpha value is -3.29. The van der Waals surface area contributed by atoms with Gasteiger partial charge in [0.05, 0.1) is 11.3 Å². The zero-order chi connectivity index (χ0) is 22.1. The smallest absolute Gasteiger partial charge is 0.410 e. The highest BCUT2D eigenvalue weighted by molar-refractivity contribution is 5.99. The molecule has 2 amide bonds. The molecule has 2 aromatic rings. The number of carbonyl (C=O) groups excluding carboxylic acids is 2. The van der Waals surface area contributed by atoms with Crippen molar-refractivity contribution in [2.24, 2.45) is 5.73 Å². The van der Waals surface area contributed by atoms with Crippen LogP contribution in [0.15, 0.2) is 30.3 Å². The largest absolute Gasteiger partial charge is 0.507 e. The minimum Gasteiger partial charge on any atom is -0.507 e. The summed E-state index contributed by atoms with van der Waals surface area (Å²) in [5.74, 6) is -0.772. The van der Waals surface area contributed by atoms with Crippen molar-refractivity contribution < 1.29 is 19.4 Å². The van der Waals surface area contributed by atoms with Crippen LogP contribution < -0.4 is 11.5 Å². The zero-order valence-corrected chi connectivity index (χ0v) is 17.5. The summed E-state index contributed by atoms with van der Waals surface area (Å²) in [5, 5.41) is 10.2. The van der Waals surface area contributed by atoms with Crippen LogP contribution in [0.3, 0.4) is 0 Å². The van der Waals surface area contributed by atoms with Crippen LogP contribution in [0, 0.1) is 0 Å². The molecule has 1 aliphatic rings. The average Bonchev–Trinajstić information content (AvgIpc) is 2.66. The molecule has 3 rings (SSSR count). The van der Waals surface area contributed by atoms with E-state index in [4.69, 9.17) is 16.2 Å². The number of hydrogen-bond acceptors (Lipinski definition) is 6. The molecule has 0 spiro atoms. The number of nitrogens with zero attached hydrogens (tertiary/aromatic N) is 2. The number of amides is 2. The fourth-order valence-corrected chi connectivity index (χ4v) is 3.73. The molecule has 1 fully saturated rings. The molecule has 1 saturated heterocycles. The number of phenolic OH excluding ortho intramolecular Hbond substituents is 1. The minimum atomic E-state index is -0.673. The summed E-state index contributed by atoms with van der Waals surface area (Å²) < 4.78 is 5.50. The van der Waals surface area contributed by atoms with E-state index in [-0.39, 0.29) is 23.0 Å². The Morgan fingerprint density at radius 3 is 2.60 bits per heavy atom. The van der Waals surface area contributed by atoms with Gasteiger partial charge in [-0.15, -0.1) is 0 Å². The highest BCUT2D eigenvalue weighted by Gasteiger charge is 2.31. The number of phenols is 1. The first kappa shape index (κ1) is 21.4. The van der Waals surface area contributed by atoms with Gasteiger partial charge in [-0.05, 0) is 57.4 Å². The number of piperidine rings is 1. The monoisotopic (exact) mass is 412 g/mol. The predicted octanol–water partition coefficient (Wildman–Crippen LogP) is 3.25. The molecule has 5 N–H and O–H groups in total. The number of rotatable bonds is 3. The summed E-state index contributed by atoms with van der Waals surface area (Å²) in [6, 6.07) is 8.49. The standard InChI is InChI=1S/C22H28N4O4/c1-22(2,3)30-21(29)26-10-6-7-13(12-26)15-11-16(14-8-4-5-9-17(14)27)25-19(23)18(15)20(24)28/h4-5,8-9,11,13,27H,6-7,10,12H2,1-3H3,(H2,23,25)(H2,24,28). The van der Waals surface area contributed by atoms with Crippen molar-refractivity contribution in [3.63, 3.8) is 0 Å². The summed E-state index contributed by atoms with van der Waals surface area (Å²) in [7, 11) is 0.